The van der Waals surface area contributed by atoms with E-state index in [1.54, 1.807) is 0 Å². The molecule has 0 amide bonds. The normalized spacial score (nSPS) is 27.1. The molecule has 0 aliphatic heterocycles. The van der Waals surface area contributed by atoms with Crippen molar-refractivity contribution >= 4 is 16.4 Å². The van der Waals surface area contributed by atoms with Gasteiger partial charge >= 0.3 is 0 Å². The Bertz CT molecular complexity index is 274. The Morgan fingerprint density at radius 1 is 0.867 bits per heavy atom. The van der Waals surface area contributed by atoms with Crippen molar-refractivity contribution in [3.63, 3.8) is 0 Å². The van der Waals surface area contributed by atoms with Gasteiger partial charge in [-0.3, -0.25) is 0 Å². The van der Waals surface area contributed by atoms with Gasteiger partial charge in [0.25, 0.3) is 0 Å². The van der Waals surface area contributed by atoms with Gasteiger partial charge in [0.1, 0.15) is 0 Å². The highest BCUT2D eigenvalue weighted by molar-refractivity contribution is 6.82. The van der Waals surface area contributed by atoms with Gasteiger partial charge < -0.3 is 4.43 Å². The van der Waals surface area contributed by atoms with E-state index >= 15 is 0 Å². The van der Waals surface area contributed by atoms with Crippen LogP contribution < -0.4 is 0 Å². The summed E-state index contributed by atoms with van der Waals surface area (Å²) < 4.78 is 5.78. The fourth-order valence-electron chi connectivity index (χ4n) is 2.23. The molecule has 0 radical (unpaired) electrons. The molecule has 0 aromatic heterocycles. The standard InChI is InChI=1S/C12H24OSi2/c1-13-15(5,6)12-10-8-7-9-11(12)14(2,3)4/h7-12H,1-6H3/t11-,12+/m0/s1. The van der Waals surface area contributed by atoms with E-state index in [-0.39, 0.29) is 0 Å². The largest absolute Gasteiger partial charge is 0.420 e. The molecule has 1 rings (SSSR count). The van der Waals surface area contributed by atoms with Gasteiger partial charge in [0, 0.05) is 7.11 Å². The van der Waals surface area contributed by atoms with Crippen molar-refractivity contribution < 1.29 is 4.43 Å². The highest BCUT2D eigenvalue weighted by atomic mass is 28.4. The van der Waals surface area contributed by atoms with Crippen LogP contribution in [-0.2, 0) is 4.43 Å². The van der Waals surface area contributed by atoms with Gasteiger partial charge in [-0.2, -0.15) is 0 Å². The summed E-state index contributed by atoms with van der Waals surface area (Å²) in [5.41, 5.74) is 1.39. The average Bonchev–Trinajstić information content (AvgIpc) is 2.16. The van der Waals surface area contributed by atoms with Crippen LogP contribution >= 0.6 is 0 Å². The third-order valence-corrected chi connectivity index (χ3v) is 9.56. The molecule has 0 N–H and O–H groups in total. The molecule has 1 aliphatic carbocycles. The Kier molecular flexibility index (Phi) is 3.79. The van der Waals surface area contributed by atoms with E-state index in [4.69, 9.17) is 4.43 Å². The monoisotopic (exact) mass is 240 g/mol. The summed E-state index contributed by atoms with van der Waals surface area (Å²) in [4.78, 5) is 0. The minimum atomic E-state index is -1.55. The summed E-state index contributed by atoms with van der Waals surface area (Å²) in [5, 5.41) is 0. The number of hydrogen-bond acceptors (Lipinski definition) is 1. The Hall–Kier alpha value is -0.126. The molecule has 0 unspecified atom stereocenters. The van der Waals surface area contributed by atoms with E-state index in [0.717, 1.165) is 5.54 Å². The molecule has 86 valence electrons. The first-order valence-corrected chi connectivity index (χ1v) is 12.3. The van der Waals surface area contributed by atoms with Crippen LogP contribution in [0.1, 0.15) is 0 Å². The summed E-state index contributed by atoms with van der Waals surface area (Å²) >= 11 is 0. The molecule has 0 saturated carbocycles. The Morgan fingerprint density at radius 3 is 1.73 bits per heavy atom. The first-order valence-electron chi connectivity index (χ1n) is 5.69. The molecule has 0 spiro atoms. The molecule has 2 atom stereocenters. The van der Waals surface area contributed by atoms with Gasteiger partial charge in [-0.05, 0) is 24.2 Å². The summed E-state index contributed by atoms with van der Waals surface area (Å²) in [6.07, 6.45) is 9.18. The third kappa shape index (κ3) is 2.92. The minimum absolute atomic E-state index is 0.652. The number of allylic oxidation sites excluding steroid dienone is 4. The lowest BCUT2D eigenvalue weighted by molar-refractivity contribution is 0.395. The predicted octanol–water partition coefficient (Wildman–Crippen LogP) is 4.04. The van der Waals surface area contributed by atoms with Gasteiger partial charge in [0.15, 0.2) is 8.32 Å². The van der Waals surface area contributed by atoms with Crippen LogP contribution in [-0.4, -0.2) is 23.5 Å². The van der Waals surface area contributed by atoms with Crippen molar-refractivity contribution in [1.29, 1.82) is 0 Å². The van der Waals surface area contributed by atoms with Crippen LogP contribution in [0.25, 0.3) is 0 Å². The second-order valence-corrected chi connectivity index (χ2v) is 15.7. The molecule has 1 aliphatic rings. The number of hydrogen-bond donors (Lipinski definition) is 0. The molecule has 0 aromatic carbocycles. The van der Waals surface area contributed by atoms with Crippen LogP contribution in [0.15, 0.2) is 24.3 Å². The zero-order valence-corrected chi connectivity index (χ0v) is 12.9. The van der Waals surface area contributed by atoms with Crippen molar-refractivity contribution in [3.8, 4) is 0 Å². The predicted molar refractivity (Wildman–Crippen MR) is 73.6 cm³/mol. The fraction of sp³-hybridized carbons (Fsp3) is 0.667. The molecule has 0 heterocycles. The van der Waals surface area contributed by atoms with E-state index in [1.807, 2.05) is 7.11 Å². The van der Waals surface area contributed by atoms with Crippen molar-refractivity contribution in [2.75, 3.05) is 7.11 Å². The maximum absolute atomic E-state index is 5.78. The fourth-order valence-corrected chi connectivity index (χ4v) is 8.64. The molecule has 0 bridgehead atoms. The van der Waals surface area contributed by atoms with Gasteiger partial charge in [-0.25, -0.2) is 0 Å². The quantitative estimate of drug-likeness (QED) is 0.677. The smallest absolute Gasteiger partial charge is 0.193 e. The van der Waals surface area contributed by atoms with Crippen molar-refractivity contribution in [1.82, 2.24) is 0 Å². The van der Waals surface area contributed by atoms with Crippen LogP contribution in [0.4, 0.5) is 0 Å². The van der Waals surface area contributed by atoms with Gasteiger partial charge in [0.2, 0.25) is 0 Å². The van der Waals surface area contributed by atoms with Crippen molar-refractivity contribution in [2.45, 2.75) is 43.8 Å². The molecule has 15 heavy (non-hydrogen) atoms. The molecular weight excluding hydrogens is 216 g/mol. The van der Waals surface area contributed by atoms with E-state index in [9.17, 15) is 0 Å². The van der Waals surface area contributed by atoms with Crippen LogP contribution in [0.5, 0.6) is 0 Å². The lowest BCUT2D eigenvalue weighted by Crippen LogP contribution is -2.43. The summed E-state index contributed by atoms with van der Waals surface area (Å²) in [5.74, 6) is 0. The first kappa shape index (κ1) is 12.9. The van der Waals surface area contributed by atoms with Crippen LogP contribution in [0.3, 0.4) is 0 Å². The Labute approximate surface area is 96.4 Å². The molecule has 3 heteroatoms. The molecule has 0 fully saturated rings. The highest BCUT2D eigenvalue weighted by Crippen LogP contribution is 2.44. The van der Waals surface area contributed by atoms with Crippen molar-refractivity contribution in [2.24, 2.45) is 0 Å². The third-order valence-electron chi connectivity index (χ3n) is 3.46. The maximum Gasteiger partial charge on any atom is 0.193 e. The number of rotatable bonds is 3. The molecular formula is C12H24OSi2. The second-order valence-electron chi connectivity index (χ2n) is 5.99. The van der Waals surface area contributed by atoms with E-state index in [2.05, 4.69) is 57.0 Å². The lowest BCUT2D eigenvalue weighted by Gasteiger charge is -2.40. The van der Waals surface area contributed by atoms with E-state index < -0.39 is 16.4 Å². The summed E-state index contributed by atoms with van der Waals surface area (Å²) in [7, 11) is -0.807. The summed E-state index contributed by atoms with van der Waals surface area (Å²) in [6, 6.07) is 0. The van der Waals surface area contributed by atoms with Gasteiger partial charge in [-0.1, -0.05) is 43.9 Å². The van der Waals surface area contributed by atoms with Crippen molar-refractivity contribution in [3.05, 3.63) is 24.3 Å². The highest BCUT2D eigenvalue weighted by Gasteiger charge is 2.41. The zero-order valence-electron chi connectivity index (χ0n) is 10.9. The topological polar surface area (TPSA) is 9.23 Å². The Balaban J connectivity index is 2.96. The average molecular weight is 240 g/mol. The lowest BCUT2D eigenvalue weighted by atomic mass is 10.2. The van der Waals surface area contributed by atoms with E-state index in [0.29, 0.717) is 5.54 Å². The van der Waals surface area contributed by atoms with Crippen LogP contribution in [0.2, 0.25) is 43.8 Å². The Morgan fingerprint density at radius 2 is 1.33 bits per heavy atom. The van der Waals surface area contributed by atoms with Gasteiger partial charge in [0.05, 0.1) is 8.07 Å². The van der Waals surface area contributed by atoms with E-state index in [1.165, 1.54) is 0 Å². The molecule has 0 saturated heterocycles. The summed E-state index contributed by atoms with van der Waals surface area (Å²) in [6.45, 7) is 12.0. The first-order chi connectivity index (χ1) is 6.79. The zero-order chi connectivity index (χ0) is 11.7. The maximum atomic E-state index is 5.78. The molecule has 0 aromatic rings. The minimum Gasteiger partial charge on any atom is -0.420 e. The van der Waals surface area contributed by atoms with Crippen LogP contribution in [0, 0.1) is 0 Å². The second kappa shape index (κ2) is 4.39. The molecule has 1 nitrogen and oxygen atoms in total. The van der Waals surface area contributed by atoms with Gasteiger partial charge in [-0.15, -0.1) is 0 Å². The SMILES string of the molecule is CO[Si](C)(C)[C@@H]1C=CC=C[C@@H]1[Si](C)(C)C.